The lowest BCUT2D eigenvalue weighted by molar-refractivity contribution is 0.636. The van der Waals surface area contributed by atoms with E-state index >= 15 is 0 Å². The molecule has 1 aliphatic heterocycles. The highest BCUT2D eigenvalue weighted by Gasteiger charge is 2.21. The molecule has 1 aromatic carbocycles. The summed E-state index contributed by atoms with van der Waals surface area (Å²) in [6, 6.07) is 14.3. The van der Waals surface area contributed by atoms with Gasteiger partial charge in [0.2, 0.25) is 0 Å². The summed E-state index contributed by atoms with van der Waals surface area (Å²) in [5.41, 5.74) is 3.07. The molecule has 0 amide bonds. The molecule has 0 unspecified atom stereocenters. The number of piperazine rings is 1. The van der Waals surface area contributed by atoms with Gasteiger partial charge in [-0.1, -0.05) is 29.8 Å². The van der Waals surface area contributed by atoms with E-state index in [1.807, 2.05) is 37.4 Å². The van der Waals surface area contributed by atoms with Crippen LogP contribution in [0.15, 0.2) is 48.7 Å². The van der Waals surface area contributed by atoms with Crippen molar-refractivity contribution >= 4 is 11.6 Å². The summed E-state index contributed by atoms with van der Waals surface area (Å²) >= 11 is 0. The van der Waals surface area contributed by atoms with E-state index in [9.17, 15) is 0 Å². The molecule has 6 heteroatoms. The summed E-state index contributed by atoms with van der Waals surface area (Å²) in [6.45, 7) is 7.66. The van der Waals surface area contributed by atoms with Crippen molar-refractivity contribution in [3.63, 3.8) is 0 Å². The predicted molar refractivity (Wildman–Crippen MR) is 103 cm³/mol. The first-order chi connectivity index (χ1) is 12.7. The Morgan fingerprint density at radius 1 is 0.846 bits per heavy atom. The number of anilines is 2. The fourth-order valence-electron chi connectivity index (χ4n) is 3.26. The van der Waals surface area contributed by atoms with Gasteiger partial charge in [0.1, 0.15) is 11.5 Å². The second kappa shape index (κ2) is 7.07. The Hall–Kier alpha value is -3.02. The SMILES string of the molecule is Cc1cccc(-c2nnc(C)c(N3CCN(c4ccccn4)CC3)n2)c1. The van der Waals surface area contributed by atoms with Crippen molar-refractivity contribution in [1.29, 1.82) is 0 Å². The molecule has 0 radical (unpaired) electrons. The minimum absolute atomic E-state index is 0.682. The van der Waals surface area contributed by atoms with Crippen LogP contribution in [0.5, 0.6) is 0 Å². The molecule has 4 rings (SSSR count). The third kappa shape index (κ3) is 3.35. The van der Waals surface area contributed by atoms with Gasteiger partial charge in [-0.05, 0) is 32.0 Å². The van der Waals surface area contributed by atoms with Crippen molar-refractivity contribution in [2.24, 2.45) is 0 Å². The van der Waals surface area contributed by atoms with E-state index in [2.05, 4.69) is 50.1 Å². The highest BCUT2D eigenvalue weighted by atomic mass is 15.3. The number of aromatic nitrogens is 4. The average Bonchev–Trinajstić information content (AvgIpc) is 2.69. The molecule has 0 aliphatic carbocycles. The van der Waals surface area contributed by atoms with Crippen LogP contribution in [0.2, 0.25) is 0 Å². The van der Waals surface area contributed by atoms with Crippen LogP contribution in [-0.4, -0.2) is 46.3 Å². The molecule has 2 aromatic heterocycles. The molecule has 26 heavy (non-hydrogen) atoms. The summed E-state index contributed by atoms with van der Waals surface area (Å²) in [5, 5.41) is 8.66. The Labute approximate surface area is 153 Å². The number of benzene rings is 1. The largest absolute Gasteiger partial charge is 0.353 e. The van der Waals surface area contributed by atoms with E-state index in [-0.39, 0.29) is 0 Å². The van der Waals surface area contributed by atoms with Crippen LogP contribution in [0.1, 0.15) is 11.3 Å². The van der Waals surface area contributed by atoms with E-state index in [1.54, 1.807) is 0 Å². The molecule has 1 fully saturated rings. The van der Waals surface area contributed by atoms with Crippen molar-refractivity contribution in [2.45, 2.75) is 13.8 Å². The lowest BCUT2D eigenvalue weighted by Gasteiger charge is -2.36. The number of hydrogen-bond donors (Lipinski definition) is 0. The summed E-state index contributed by atoms with van der Waals surface area (Å²) in [4.78, 5) is 13.9. The van der Waals surface area contributed by atoms with E-state index in [1.165, 1.54) is 5.56 Å². The van der Waals surface area contributed by atoms with Crippen molar-refractivity contribution in [3.8, 4) is 11.4 Å². The normalized spacial score (nSPS) is 14.5. The van der Waals surface area contributed by atoms with Gasteiger partial charge in [-0.15, -0.1) is 10.2 Å². The minimum Gasteiger partial charge on any atom is -0.353 e. The first-order valence-corrected chi connectivity index (χ1v) is 8.90. The van der Waals surface area contributed by atoms with Crippen molar-refractivity contribution in [1.82, 2.24) is 20.2 Å². The average molecular weight is 346 g/mol. The molecule has 0 saturated carbocycles. The van der Waals surface area contributed by atoms with Gasteiger partial charge in [-0.25, -0.2) is 9.97 Å². The van der Waals surface area contributed by atoms with Crippen LogP contribution < -0.4 is 9.80 Å². The molecule has 0 atom stereocenters. The Balaban J connectivity index is 1.54. The zero-order chi connectivity index (χ0) is 17.9. The fraction of sp³-hybridized carbons (Fsp3) is 0.300. The molecule has 132 valence electrons. The maximum absolute atomic E-state index is 4.82. The van der Waals surface area contributed by atoms with Gasteiger partial charge < -0.3 is 9.80 Å². The minimum atomic E-state index is 0.682. The number of hydrogen-bond acceptors (Lipinski definition) is 6. The van der Waals surface area contributed by atoms with E-state index in [0.717, 1.165) is 49.1 Å². The van der Waals surface area contributed by atoms with Gasteiger partial charge in [0.25, 0.3) is 0 Å². The Kier molecular flexibility index (Phi) is 4.48. The molecule has 0 bridgehead atoms. The lowest BCUT2D eigenvalue weighted by atomic mass is 10.1. The summed E-state index contributed by atoms with van der Waals surface area (Å²) in [7, 11) is 0. The van der Waals surface area contributed by atoms with E-state index in [0.29, 0.717) is 5.82 Å². The number of rotatable bonds is 3. The molecule has 0 N–H and O–H groups in total. The molecule has 3 aromatic rings. The quantitative estimate of drug-likeness (QED) is 0.727. The maximum atomic E-state index is 4.82. The molecular weight excluding hydrogens is 324 g/mol. The Morgan fingerprint density at radius 3 is 2.38 bits per heavy atom. The van der Waals surface area contributed by atoms with Crippen LogP contribution in [0.4, 0.5) is 11.6 Å². The first-order valence-electron chi connectivity index (χ1n) is 8.90. The summed E-state index contributed by atoms with van der Waals surface area (Å²) in [6.07, 6.45) is 1.84. The van der Waals surface area contributed by atoms with Crippen molar-refractivity contribution in [2.75, 3.05) is 36.0 Å². The number of aryl methyl sites for hydroxylation is 2. The first kappa shape index (κ1) is 16.4. The summed E-state index contributed by atoms with van der Waals surface area (Å²) in [5.74, 6) is 2.64. The van der Waals surface area contributed by atoms with Crippen LogP contribution in [0.3, 0.4) is 0 Å². The van der Waals surface area contributed by atoms with Gasteiger partial charge in [0.15, 0.2) is 11.6 Å². The smallest absolute Gasteiger partial charge is 0.183 e. The standard InChI is InChI=1S/C20H22N6/c1-15-6-5-7-17(14-15)19-22-20(16(2)23-24-19)26-12-10-25(11-13-26)18-8-3-4-9-21-18/h3-9,14H,10-13H2,1-2H3. The van der Waals surface area contributed by atoms with Crippen LogP contribution >= 0.6 is 0 Å². The highest BCUT2D eigenvalue weighted by molar-refractivity contribution is 5.59. The van der Waals surface area contributed by atoms with Gasteiger partial charge in [0.05, 0.1) is 0 Å². The van der Waals surface area contributed by atoms with E-state index < -0.39 is 0 Å². The highest BCUT2D eigenvalue weighted by Crippen LogP contribution is 2.23. The van der Waals surface area contributed by atoms with Crippen molar-refractivity contribution < 1.29 is 0 Å². The number of nitrogens with zero attached hydrogens (tertiary/aromatic N) is 6. The fourth-order valence-corrected chi connectivity index (χ4v) is 3.26. The van der Waals surface area contributed by atoms with Gasteiger partial charge in [-0.3, -0.25) is 0 Å². The van der Waals surface area contributed by atoms with Gasteiger partial charge in [-0.2, -0.15) is 0 Å². The molecular formula is C20H22N6. The summed E-state index contributed by atoms with van der Waals surface area (Å²) < 4.78 is 0. The van der Waals surface area contributed by atoms with Crippen LogP contribution in [0, 0.1) is 13.8 Å². The zero-order valence-electron chi connectivity index (χ0n) is 15.1. The van der Waals surface area contributed by atoms with Gasteiger partial charge in [0, 0.05) is 37.9 Å². The zero-order valence-corrected chi connectivity index (χ0v) is 15.1. The monoisotopic (exact) mass is 346 g/mol. The van der Waals surface area contributed by atoms with E-state index in [4.69, 9.17) is 4.98 Å². The van der Waals surface area contributed by atoms with Crippen LogP contribution in [0.25, 0.3) is 11.4 Å². The molecule has 3 heterocycles. The molecule has 1 saturated heterocycles. The maximum Gasteiger partial charge on any atom is 0.183 e. The molecule has 0 spiro atoms. The molecule has 1 aliphatic rings. The Bertz CT molecular complexity index is 888. The number of pyridine rings is 1. The lowest BCUT2D eigenvalue weighted by Crippen LogP contribution is -2.47. The second-order valence-electron chi connectivity index (χ2n) is 6.58. The van der Waals surface area contributed by atoms with Crippen LogP contribution in [-0.2, 0) is 0 Å². The Morgan fingerprint density at radius 2 is 1.65 bits per heavy atom. The third-order valence-corrected chi connectivity index (χ3v) is 4.66. The predicted octanol–water partition coefficient (Wildman–Crippen LogP) is 2.88. The third-order valence-electron chi connectivity index (χ3n) is 4.66. The topological polar surface area (TPSA) is 58.0 Å². The van der Waals surface area contributed by atoms with Gasteiger partial charge >= 0.3 is 0 Å². The molecule has 6 nitrogen and oxygen atoms in total. The second-order valence-corrected chi connectivity index (χ2v) is 6.58. The van der Waals surface area contributed by atoms with Crippen molar-refractivity contribution in [3.05, 3.63) is 59.9 Å².